The number of imide groups is 1. The molecule has 1 saturated heterocycles. The van der Waals surface area contributed by atoms with Gasteiger partial charge in [-0.1, -0.05) is 0 Å². The molecular formula is C8H14N2O3. The van der Waals surface area contributed by atoms with E-state index in [9.17, 15) is 9.59 Å². The van der Waals surface area contributed by atoms with E-state index in [1.807, 2.05) is 0 Å². The van der Waals surface area contributed by atoms with E-state index < -0.39 is 17.6 Å². The number of amides is 2. The molecule has 0 radical (unpaired) electrons. The molecule has 1 aliphatic rings. The summed E-state index contributed by atoms with van der Waals surface area (Å²) in [5, 5.41) is 0.769. The van der Waals surface area contributed by atoms with Crippen LogP contribution in [0.5, 0.6) is 0 Å². The first kappa shape index (κ1) is 10.1. The molecule has 0 unspecified atom stereocenters. The van der Waals surface area contributed by atoms with Gasteiger partial charge in [-0.3, -0.25) is 14.4 Å². The zero-order chi connectivity index (χ0) is 10.2. The molecule has 1 atom stereocenters. The Morgan fingerprint density at radius 1 is 1.46 bits per heavy atom. The third kappa shape index (κ3) is 2.26. The summed E-state index contributed by atoms with van der Waals surface area (Å²) in [7, 11) is 0. The molecule has 0 bridgehead atoms. The second-order valence-electron chi connectivity index (χ2n) is 4.04. The lowest BCUT2D eigenvalue weighted by Gasteiger charge is -2.24. The van der Waals surface area contributed by atoms with Gasteiger partial charge in [0.1, 0.15) is 0 Å². The third-order valence-corrected chi connectivity index (χ3v) is 1.50. The van der Waals surface area contributed by atoms with Crippen LogP contribution in [0, 0.1) is 0 Å². The van der Waals surface area contributed by atoms with E-state index in [0.29, 0.717) is 0 Å². The molecule has 2 N–H and O–H groups in total. The van der Waals surface area contributed by atoms with Crippen LogP contribution in [0.4, 0.5) is 0 Å². The number of nitrogens with zero attached hydrogens (tertiary/aromatic N) is 1. The number of nitrogens with two attached hydrogens (primary N) is 1. The van der Waals surface area contributed by atoms with E-state index in [-0.39, 0.29) is 12.3 Å². The van der Waals surface area contributed by atoms with Crippen molar-refractivity contribution in [2.75, 3.05) is 0 Å². The minimum atomic E-state index is -0.741. The van der Waals surface area contributed by atoms with E-state index >= 15 is 0 Å². The Morgan fingerprint density at radius 2 is 2.00 bits per heavy atom. The van der Waals surface area contributed by atoms with Crippen LogP contribution in [0.3, 0.4) is 0 Å². The minimum absolute atomic E-state index is 0.0366. The highest BCUT2D eigenvalue weighted by atomic mass is 16.7. The van der Waals surface area contributed by atoms with Crippen LogP contribution in [0.2, 0.25) is 0 Å². The summed E-state index contributed by atoms with van der Waals surface area (Å²) in [5.74, 6) is -0.827. The third-order valence-electron chi connectivity index (χ3n) is 1.50. The summed E-state index contributed by atoms with van der Waals surface area (Å²) in [5.41, 5.74) is 4.83. The van der Waals surface area contributed by atoms with Gasteiger partial charge in [0.25, 0.3) is 11.8 Å². The highest BCUT2D eigenvalue weighted by molar-refractivity contribution is 6.04. The number of carbonyl (C=O) groups excluding carboxylic acids is 2. The highest BCUT2D eigenvalue weighted by Gasteiger charge is 2.39. The molecule has 5 heteroatoms. The van der Waals surface area contributed by atoms with Gasteiger partial charge < -0.3 is 5.73 Å². The van der Waals surface area contributed by atoms with Gasteiger partial charge in [0.15, 0.2) is 0 Å². The van der Waals surface area contributed by atoms with Crippen molar-refractivity contribution in [3.8, 4) is 0 Å². The second kappa shape index (κ2) is 3.08. The van der Waals surface area contributed by atoms with Crippen molar-refractivity contribution in [3.63, 3.8) is 0 Å². The fourth-order valence-corrected chi connectivity index (χ4v) is 1.00. The van der Waals surface area contributed by atoms with E-state index in [1.54, 1.807) is 20.8 Å². The van der Waals surface area contributed by atoms with Crippen LogP contribution >= 0.6 is 0 Å². The first-order chi connectivity index (χ1) is 5.81. The van der Waals surface area contributed by atoms with Crippen LogP contribution in [0.15, 0.2) is 0 Å². The van der Waals surface area contributed by atoms with Gasteiger partial charge in [0.2, 0.25) is 0 Å². The Balaban J connectivity index is 2.70. The average Bonchev–Trinajstić information content (AvgIpc) is 2.14. The molecule has 0 aromatic carbocycles. The van der Waals surface area contributed by atoms with Crippen LogP contribution < -0.4 is 5.73 Å². The number of hydrogen-bond acceptors (Lipinski definition) is 4. The molecule has 0 aromatic rings. The smallest absolute Gasteiger partial charge is 0.270 e. The van der Waals surface area contributed by atoms with E-state index in [1.165, 1.54) is 0 Å². The Bertz CT molecular complexity index is 244. The van der Waals surface area contributed by atoms with Crippen molar-refractivity contribution >= 4 is 11.8 Å². The molecule has 0 spiro atoms. The van der Waals surface area contributed by atoms with Crippen molar-refractivity contribution in [1.82, 2.24) is 5.06 Å². The van der Waals surface area contributed by atoms with Crippen molar-refractivity contribution in [2.45, 2.75) is 38.8 Å². The Morgan fingerprint density at radius 3 is 2.31 bits per heavy atom. The molecule has 13 heavy (non-hydrogen) atoms. The largest absolute Gasteiger partial charge is 0.319 e. The van der Waals surface area contributed by atoms with E-state index in [4.69, 9.17) is 10.6 Å². The fourth-order valence-electron chi connectivity index (χ4n) is 1.00. The Labute approximate surface area is 76.8 Å². The maximum absolute atomic E-state index is 11.2. The van der Waals surface area contributed by atoms with E-state index in [2.05, 4.69) is 0 Å². The van der Waals surface area contributed by atoms with Gasteiger partial charge in [-0.05, 0) is 20.8 Å². The molecule has 0 aliphatic carbocycles. The summed E-state index contributed by atoms with van der Waals surface area (Å²) in [6.07, 6.45) is 0.0366. The maximum Gasteiger partial charge on any atom is 0.270 e. The minimum Gasteiger partial charge on any atom is -0.319 e. The fraction of sp³-hybridized carbons (Fsp3) is 0.750. The molecule has 1 aliphatic heterocycles. The van der Waals surface area contributed by atoms with Gasteiger partial charge in [0.05, 0.1) is 18.1 Å². The van der Waals surface area contributed by atoms with Crippen LogP contribution in [0.25, 0.3) is 0 Å². The Hall–Kier alpha value is -0.940. The topological polar surface area (TPSA) is 72.6 Å². The van der Waals surface area contributed by atoms with Gasteiger partial charge in [-0.15, -0.1) is 0 Å². The second-order valence-corrected chi connectivity index (χ2v) is 4.04. The molecule has 1 fully saturated rings. The molecule has 5 nitrogen and oxygen atoms in total. The molecule has 2 amide bonds. The standard InChI is InChI=1S/C8H14N2O3/c1-8(2,3)13-10-6(11)4-5(9)7(10)12/h5H,4,9H2,1-3H3/t5-/m1/s1. The molecule has 74 valence electrons. The normalized spacial score (nSPS) is 24.3. The van der Waals surface area contributed by atoms with Crippen molar-refractivity contribution in [2.24, 2.45) is 5.73 Å². The quantitative estimate of drug-likeness (QED) is 0.576. The summed E-state index contributed by atoms with van der Waals surface area (Å²) < 4.78 is 0. The lowest BCUT2D eigenvalue weighted by atomic mass is 10.2. The van der Waals surface area contributed by atoms with Gasteiger partial charge >= 0.3 is 0 Å². The molecule has 0 saturated carbocycles. The van der Waals surface area contributed by atoms with Crippen LogP contribution in [-0.4, -0.2) is 28.5 Å². The Kier molecular flexibility index (Phi) is 2.40. The highest BCUT2D eigenvalue weighted by Crippen LogP contribution is 2.17. The number of hydrogen-bond donors (Lipinski definition) is 1. The zero-order valence-electron chi connectivity index (χ0n) is 8.03. The van der Waals surface area contributed by atoms with Crippen LogP contribution in [-0.2, 0) is 14.4 Å². The summed E-state index contributed by atoms with van der Waals surface area (Å²) in [6.45, 7) is 5.28. The van der Waals surface area contributed by atoms with Crippen molar-refractivity contribution < 1.29 is 14.4 Å². The predicted molar refractivity (Wildman–Crippen MR) is 45.3 cm³/mol. The SMILES string of the molecule is CC(C)(C)ON1C(=O)C[C@@H](N)C1=O. The van der Waals surface area contributed by atoms with Gasteiger partial charge in [-0.2, -0.15) is 5.06 Å². The van der Waals surface area contributed by atoms with Crippen molar-refractivity contribution in [3.05, 3.63) is 0 Å². The lowest BCUT2D eigenvalue weighted by Crippen LogP contribution is -2.40. The number of rotatable bonds is 1. The zero-order valence-corrected chi connectivity index (χ0v) is 8.03. The monoisotopic (exact) mass is 186 g/mol. The summed E-state index contributed by atoms with van der Waals surface area (Å²) in [4.78, 5) is 27.6. The average molecular weight is 186 g/mol. The van der Waals surface area contributed by atoms with Crippen molar-refractivity contribution in [1.29, 1.82) is 0 Å². The molecule has 1 rings (SSSR count). The summed E-state index contributed by atoms with van der Waals surface area (Å²) >= 11 is 0. The maximum atomic E-state index is 11.2. The van der Waals surface area contributed by atoms with Crippen LogP contribution in [0.1, 0.15) is 27.2 Å². The first-order valence-electron chi connectivity index (χ1n) is 4.13. The molecule has 0 aromatic heterocycles. The van der Waals surface area contributed by atoms with Gasteiger partial charge in [-0.25, -0.2) is 0 Å². The first-order valence-corrected chi connectivity index (χ1v) is 4.13. The van der Waals surface area contributed by atoms with Gasteiger partial charge in [0, 0.05) is 0 Å². The molecular weight excluding hydrogens is 172 g/mol. The number of hydroxylamine groups is 2. The molecule has 1 heterocycles. The number of carbonyl (C=O) groups is 2. The van der Waals surface area contributed by atoms with E-state index in [0.717, 1.165) is 5.06 Å². The predicted octanol–water partition coefficient (Wildman–Crippen LogP) is -0.197. The summed E-state index contributed by atoms with van der Waals surface area (Å²) in [6, 6.07) is -0.741. The lowest BCUT2D eigenvalue weighted by molar-refractivity contribution is -0.219.